The van der Waals surface area contributed by atoms with Gasteiger partial charge in [0.2, 0.25) is 5.91 Å². The van der Waals surface area contributed by atoms with Crippen LogP contribution in [0.4, 0.5) is 11.4 Å². The molecule has 0 spiro atoms. The van der Waals surface area contributed by atoms with Crippen LogP contribution in [0.1, 0.15) is 18.9 Å². The highest BCUT2D eigenvalue weighted by Crippen LogP contribution is 2.37. The van der Waals surface area contributed by atoms with Crippen LogP contribution in [0.25, 0.3) is 0 Å². The molecule has 2 aromatic rings. The topological polar surface area (TPSA) is 66.5 Å². The molecular formula is C18H20N2O3S2. The van der Waals surface area contributed by atoms with Crippen LogP contribution in [0.2, 0.25) is 0 Å². The average molecular weight is 377 g/mol. The summed E-state index contributed by atoms with van der Waals surface area (Å²) in [4.78, 5) is 13.0. The third kappa shape index (κ3) is 3.67. The van der Waals surface area contributed by atoms with Crippen LogP contribution in [-0.4, -0.2) is 26.6 Å². The van der Waals surface area contributed by atoms with Gasteiger partial charge in [-0.05, 0) is 37.3 Å². The number of rotatable bonds is 3. The average Bonchev–Trinajstić information content (AvgIpc) is 2.70. The Labute approximate surface area is 152 Å². The Morgan fingerprint density at radius 1 is 1.16 bits per heavy atom. The lowest BCUT2D eigenvalue weighted by Gasteiger charge is -2.20. The normalized spacial score (nSPS) is 17.4. The Kier molecular flexibility index (Phi) is 4.79. The minimum atomic E-state index is -3.71. The molecule has 2 aromatic carbocycles. The van der Waals surface area contributed by atoms with Crippen LogP contribution >= 0.6 is 11.8 Å². The molecule has 1 aliphatic rings. The molecule has 1 N–H and O–H groups in total. The maximum atomic E-state index is 12.9. The first-order valence-corrected chi connectivity index (χ1v) is 10.3. The van der Waals surface area contributed by atoms with Gasteiger partial charge in [0.25, 0.3) is 10.0 Å². The Morgan fingerprint density at radius 2 is 1.84 bits per heavy atom. The van der Waals surface area contributed by atoms with Gasteiger partial charge in [0, 0.05) is 23.6 Å². The van der Waals surface area contributed by atoms with Crippen molar-refractivity contribution in [1.29, 1.82) is 0 Å². The van der Waals surface area contributed by atoms with Gasteiger partial charge in [-0.3, -0.25) is 9.10 Å². The first-order valence-electron chi connectivity index (χ1n) is 7.93. The molecule has 0 unspecified atom stereocenters. The highest BCUT2D eigenvalue weighted by molar-refractivity contribution is 8.00. The first-order chi connectivity index (χ1) is 11.8. The molecule has 0 saturated carbocycles. The van der Waals surface area contributed by atoms with Gasteiger partial charge in [-0.1, -0.05) is 24.6 Å². The summed E-state index contributed by atoms with van der Waals surface area (Å²) < 4.78 is 27.1. The Morgan fingerprint density at radius 3 is 2.52 bits per heavy atom. The molecule has 1 heterocycles. The first kappa shape index (κ1) is 17.8. The number of fused-ring (bicyclic) bond motifs is 1. The van der Waals surface area contributed by atoms with Crippen molar-refractivity contribution in [2.45, 2.75) is 35.3 Å². The van der Waals surface area contributed by atoms with Crippen LogP contribution in [0.3, 0.4) is 0 Å². The number of nitrogens with one attached hydrogen (secondary N) is 1. The predicted molar refractivity (Wildman–Crippen MR) is 102 cm³/mol. The second-order valence-electron chi connectivity index (χ2n) is 6.15. The summed E-state index contributed by atoms with van der Waals surface area (Å²) in [5, 5.41) is 2.96. The van der Waals surface area contributed by atoms with Crippen LogP contribution in [0.15, 0.2) is 52.3 Å². The smallest absolute Gasteiger partial charge is 0.264 e. The predicted octanol–water partition coefficient (Wildman–Crippen LogP) is 3.64. The molecule has 0 fully saturated rings. The number of thioether (sulfide) groups is 1. The number of sulfonamides is 1. The summed E-state index contributed by atoms with van der Waals surface area (Å²) in [6.07, 6.45) is 0.407. The summed E-state index contributed by atoms with van der Waals surface area (Å²) in [5.74, 6) is -0.0970. The number of aryl methyl sites for hydroxylation is 1. The summed E-state index contributed by atoms with van der Waals surface area (Å²) in [6, 6.07) is 12.2. The van der Waals surface area contributed by atoms with Crippen LogP contribution in [0.5, 0.6) is 0 Å². The van der Waals surface area contributed by atoms with Crippen molar-refractivity contribution < 1.29 is 13.2 Å². The van der Waals surface area contributed by atoms with Crippen molar-refractivity contribution in [2.75, 3.05) is 16.7 Å². The zero-order chi connectivity index (χ0) is 18.2. The number of hydrogen-bond donors (Lipinski definition) is 1. The molecule has 25 heavy (non-hydrogen) atoms. The second kappa shape index (κ2) is 6.72. The maximum Gasteiger partial charge on any atom is 0.264 e. The molecule has 3 rings (SSSR count). The standard InChI is InChI=1S/C18H20N2O3S2/c1-12-4-6-14(7-5-12)20(3)25(22,23)15-8-9-17-16(11-15)19-18(21)10-13(2)24-17/h4-9,11,13H,10H2,1-3H3,(H,19,21)/t13-/m1/s1. The van der Waals surface area contributed by atoms with E-state index in [4.69, 9.17) is 0 Å². The fourth-order valence-corrected chi connectivity index (χ4v) is 4.92. The van der Waals surface area contributed by atoms with Gasteiger partial charge >= 0.3 is 0 Å². The van der Waals surface area contributed by atoms with Gasteiger partial charge in [-0.15, -0.1) is 11.8 Å². The molecule has 0 saturated heterocycles. The van der Waals surface area contributed by atoms with Crippen LogP contribution in [-0.2, 0) is 14.8 Å². The molecule has 0 bridgehead atoms. The maximum absolute atomic E-state index is 12.9. The largest absolute Gasteiger partial charge is 0.325 e. The van der Waals surface area contributed by atoms with E-state index >= 15 is 0 Å². The van der Waals surface area contributed by atoms with E-state index in [-0.39, 0.29) is 16.1 Å². The molecule has 7 heteroatoms. The van der Waals surface area contributed by atoms with Gasteiger partial charge in [0.05, 0.1) is 16.3 Å². The molecule has 0 aliphatic carbocycles. The monoisotopic (exact) mass is 376 g/mol. The lowest BCUT2D eigenvalue weighted by molar-refractivity contribution is -0.116. The van der Waals surface area contributed by atoms with E-state index in [9.17, 15) is 13.2 Å². The lowest BCUT2D eigenvalue weighted by Crippen LogP contribution is -2.26. The van der Waals surface area contributed by atoms with Crippen molar-refractivity contribution in [3.63, 3.8) is 0 Å². The third-order valence-electron chi connectivity index (χ3n) is 4.08. The Bertz CT molecular complexity index is 908. The summed E-state index contributed by atoms with van der Waals surface area (Å²) in [6.45, 7) is 3.93. The van der Waals surface area contributed by atoms with E-state index in [1.54, 1.807) is 36.0 Å². The van der Waals surface area contributed by atoms with Crippen molar-refractivity contribution in [3.05, 3.63) is 48.0 Å². The number of anilines is 2. The Balaban J connectivity index is 1.98. The highest BCUT2D eigenvalue weighted by atomic mass is 32.2. The molecule has 0 aromatic heterocycles. The lowest BCUT2D eigenvalue weighted by atomic mass is 10.2. The van der Waals surface area contributed by atoms with Crippen LogP contribution < -0.4 is 9.62 Å². The van der Waals surface area contributed by atoms with E-state index in [1.165, 1.54) is 17.4 Å². The molecule has 1 atom stereocenters. The number of benzene rings is 2. The fraction of sp³-hybridized carbons (Fsp3) is 0.278. The number of nitrogens with zero attached hydrogens (tertiary/aromatic N) is 1. The van der Waals surface area contributed by atoms with E-state index in [0.29, 0.717) is 17.8 Å². The van der Waals surface area contributed by atoms with Crippen molar-refractivity contribution >= 4 is 39.1 Å². The van der Waals surface area contributed by atoms with Crippen LogP contribution in [0, 0.1) is 6.92 Å². The van der Waals surface area contributed by atoms with Gasteiger partial charge in [-0.25, -0.2) is 8.42 Å². The molecular weight excluding hydrogens is 356 g/mol. The van der Waals surface area contributed by atoms with Gasteiger partial charge in [0.15, 0.2) is 0 Å². The highest BCUT2D eigenvalue weighted by Gasteiger charge is 2.25. The zero-order valence-electron chi connectivity index (χ0n) is 14.3. The minimum Gasteiger partial charge on any atom is -0.325 e. The molecule has 5 nitrogen and oxygen atoms in total. The SMILES string of the molecule is Cc1ccc(N(C)S(=O)(=O)c2ccc3c(c2)NC(=O)C[C@@H](C)S3)cc1. The number of amides is 1. The van der Waals surface area contributed by atoms with Crippen molar-refractivity contribution in [3.8, 4) is 0 Å². The summed E-state index contributed by atoms with van der Waals surface area (Å²) in [7, 11) is -2.18. The van der Waals surface area contributed by atoms with E-state index < -0.39 is 10.0 Å². The van der Waals surface area contributed by atoms with Gasteiger partial charge < -0.3 is 5.32 Å². The minimum absolute atomic E-state index is 0.0970. The molecule has 1 amide bonds. The summed E-state index contributed by atoms with van der Waals surface area (Å²) >= 11 is 1.57. The molecule has 0 radical (unpaired) electrons. The number of carbonyl (C=O) groups excluding carboxylic acids is 1. The van der Waals surface area contributed by atoms with Gasteiger partial charge in [0.1, 0.15) is 0 Å². The summed E-state index contributed by atoms with van der Waals surface area (Å²) in [5.41, 5.74) is 2.21. The molecule has 132 valence electrons. The quantitative estimate of drug-likeness (QED) is 0.888. The second-order valence-corrected chi connectivity index (χ2v) is 9.60. The fourth-order valence-electron chi connectivity index (χ4n) is 2.64. The van der Waals surface area contributed by atoms with Gasteiger partial charge in [-0.2, -0.15) is 0 Å². The van der Waals surface area contributed by atoms with E-state index in [1.807, 2.05) is 26.0 Å². The Hall–Kier alpha value is -1.99. The van der Waals surface area contributed by atoms with E-state index in [0.717, 1.165) is 10.5 Å². The number of hydrogen-bond acceptors (Lipinski definition) is 4. The van der Waals surface area contributed by atoms with Crippen molar-refractivity contribution in [1.82, 2.24) is 0 Å². The zero-order valence-corrected chi connectivity index (χ0v) is 15.9. The number of carbonyl (C=O) groups is 1. The molecule has 1 aliphatic heterocycles. The van der Waals surface area contributed by atoms with Crippen molar-refractivity contribution in [2.24, 2.45) is 0 Å². The van der Waals surface area contributed by atoms with E-state index in [2.05, 4.69) is 5.32 Å². The third-order valence-corrected chi connectivity index (χ3v) is 7.04.